The molecule has 16 heavy (non-hydrogen) atoms. The second kappa shape index (κ2) is 4.73. The van der Waals surface area contributed by atoms with Crippen LogP contribution in [0.3, 0.4) is 0 Å². The van der Waals surface area contributed by atoms with Gasteiger partial charge in [0.05, 0.1) is 4.90 Å². The van der Waals surface area contributed by atoms with Crippen LogP contribution < -0.4 is 0 Å². The molecule has 5 heteroatoms. The van der Waals surface area contributed by atoms with E-state index in [1.54, 1.807) is 28.6 Å². The first kappa shape index (κ1) is 11.9. The van der Waals surface area contributed by atoms with E-state index < -0.39 is 9.92 Å². The van der Waals surface area contributed by atoms with Crippen molar-refractivity contribution in [1.29, 1.82) is 4.78 Å². The summed E-state index contributed by atoms with van der Waals surface area (Å²) in [6, 6.07) is 6.75. The van der Waals surface area contributed by atoms with E-state index >= 15 is 0 Å². The molecule has 1 aliphatic heterocycles. The number of nitrogens with zero attached hydrogens (tertiary/aromatic N) is 1. The van der Waals surface area contributed by atoms with Gasteiger partial charge in [0.1, 0.15) is 9.92 Å². The Bertz CT molecular complexity index is 449. The van der Waals surface area contributed by atoms with Crippen LogP contribution in [0.25, 0.3) is 0 Å². The van der Waals surface area contributed by atoms with Crippen LogP contribution in [0.15, 0.2) is 29.2 Å². The minimum absolute atomic E-state index is 0.554. The molecule has 1 unspecified atom stereocenters. The molecule has 1 saturated heterocycles. The smallest absolute Gasteiger partial charge is 0.137 e. The molecule has 1 aromatic carbocycles. The molecule has 1 N–H and O–H groups in total. The number of rotatable bonds is 2. The Kier molecular flexibility index (Phi) is 3.52. The monoisotopic (exact) mass is 258 g/mol. The van der Waals surface area contributed by atoms with Crippen molar-refractivity contribution in [3.63, 3.8) is 0 Å². The molecule has 88 valence electrons. The van der Waals surface area contributed by atoms with Crippen molar-refractivity contribution in [1.82, 2.24) is 4.31 Å². The zero-order valence-corrected chi connectivity index (χ0v) is 10.6. The fraction of sp³-hybridized carbons (Fsp3) is 0.455. The van der Waals surface area contributed by atoms with Gasteiger partial charge in [-0.15, -0.1) is 0 Å². The minimum atomic E-state index is -2.80. The number of hydrogen-bond donors (Lipinski definition) is 1. The molecule has 1 heterocycles. The molecule has 0 bridgehead atoms. The van der Waals surface area contributed by atoms with Crippen molar-refractivity contribution in [3.05, 3.63) is 29.3 Å². The average molecular weight is 259 g/mol. The first-order valence-electron chi connectivity index (χ1n) is 5.40. The van der Waals surface area contributed by atoms with Gasteiger partial charge in [-0.05, 0) is 37.1 Å². The maximum absolute atomic E-state index is 12.4. The fourth-order valence-electron chi connectivity index (χ4n) is 1.89. The van der Waals surface area contributed by atoms with E-state index in [2.05, 4.69) is 0 Å². The molecular weight excluding hydrogens is 244 g/mol. The van der Waals surface area contributed by atoms with Crippen molar-refractivity contribution in [2.75, 3.05) is 13.1 Å². The van der Waals surface area contributed by atoms with E-state index in [9.17, 15) is 4.21 Å². The van der Waals surface area contributed by atoms with Gasteiger partial charge in [0, 0.05) is 18.1 Å². The van der Waals surface area contributed by atoms with Crippen molar-refractivity contribution in [2.24, 2.45) is 0 Å². The van der Waals surface area contributed by atoms with Crippen LogP contribution in [0, 0.1) is 4.78 Å². The van der Waals surface area contributed by atoms with Crippen molar-refractivity contribution in [2.45, 2.75) is 24.2 Å². The van der Waals surface area contributed by atoms with Crippen LogP contribution in [-0.4, -0.2) is 21.6 Å². The summed E-state index contributed by atoms with van der Waals surface area (Å²) in [5, 5.41) is 0.609. The lowest BCUT2D eigenvalue weighted by molar-refractivity contribution is 0.360. The summed E-state index contributed by atoms with van der Waals surface area (Å²) < 4.78 is 22.2. The molecule has 3 nitrogen and oxygen atoms in total. The highest BCUT2D eigenvalue weighted by Gasteiger charge is 2.22. The maximum Gasteiger partial charge on any atom is 0.137 e. The van der Waals surface area contributed by atoms with Gasteiger partial charge in [0.25, 0.3) is 0 Å². The van der Waals surface area contributed by atoms with Crippen LogP contribution in [0.4, 0.5) is 0 Å². The Morgan fingerprint density at radius 3 is 2.25 bits per heavy atom. The van der Waals surface area contributed by atoms with E-state index in [4.69, 9.17) is 16.4 Å². The molecule has 0 spiro atoms. The predicted molar refractivity (Wildman–Crippen MR) is 66.0 cm³/mol. The van der Waals surface area contributed by atoms with Gasteiger partial charge in [0.15, 0.2) is 0 Å². The van der Waals surface area contributed by atoms with Crippen LogP contribution in [0.5, 0.6) is 0 Å². The Labute approximate surface area is 102 Å². The summed E-state index contributed by atoms with van der Waals surface area (Å²) in [4.78, 5) is 0.554. The largest absolute Gasteiger partial charge is 0.236 e. The Morgan fingerprint density at radius 2 is 1.69 bits per heavy atom. The van der Waals surface area contributed by atoms with E-state index in [0.717, 1.165) is 25.9 Å². The van der Waals surface area contributed by atoms with Crippen LogP contribution in [0.1, 0.15) is 19.3 Å². The summed E-state index contributed by atoms with van der Waals surface area (Å²) >= 11 is 5.78. The van der Waals surface area contributed by atoms with Crippen LogP contribution >= 0.6 is 11.6 Å². The summed E-state index contributed by atoms with van der Waals surface area (Å²) in [7, 11) is -2.80. The highest BCUT2D eigenvalue weighted by Crippen LogP contribution is 2.22. The molecule has 0 radical (unpaired) electrons. The molecule has 1 atom stereocenters. The van der Waals surface area contributed by atoms with E-state index in [1.807, 2.05) is 0 Å². The molecule has 0 aliphatic carbocycles. The predicted octanol–water partition coefficient (Wildman–Crippen LogP) is 3.15. The van der Waals surface area contributed by atoms with Gasteiger partial charge in [-0.1, -0.05) is 18.0 Å². The lowest BCUT2D eigenvalue weighted by Crippen LogP contribution is -2.34. The Balaban J connectivity index is 2.27. The van der Waals surface area contributed by atoms with Gasteiger partial charge in [-0.25, -0.2) is 13.3 Å². The van der Waals surface area contributed by atoms with E-state index in [-0.39, 0.29) is 0 Å². The standard InChI is InChI=1S/C11H15ClN2OS/c12-10-4-6-11(7-5-10)16(13,15)14-8-2-1-3-9-14/h4-7,13H,1-3,8-9H2. The highest BCUT2D eigenvalue weighted by molar-refractivity contribution is 7.90. The first-order chi connectivity index (χ1) is 7.60. The molecule has 1 fully saturated rings. The summed E-state index contributed by atoms with van der Waals surface area (Å²) in [5.41, 5.74) is 0. The molecule has 2 rings (SSSR count). The van der Waals surface area contributed by atoms with Crippen molar-refractivity contribution < 1.29 is 4.21 Å². The summed E-state index contributed by atoms with van der Waals surface area (Å²) in [6.45, 7) is 1.51. The number of benzene rings is 1. The minimum Gasteiger partial charge on any atom is -0.236 e. The number of piperidine rings is 1. The maximum atomic E-state index is 12.4. The van der Waals surface area contributed by atoms with Gasteiger partial charge in [-0.3, -0.25) is 0 Å². The van der Waals surface area contributed by atoms with Crippen LogP contribution in [-0.2, 0) is 9.92 Å². The van der Waals surface area contributed by atoms with Gasteiger partial charge < -0.3 is 0 Å². The lowest BCUT2D eigenvalue weighted by Gasteiger charge is -2.28. The summed E-state index contributed by atoms with van der Waals surface area (Å²) in [5.74, 6) is 0. The number of nitrogens with one attached hydrogen (secondary N) is 1. The van der Waals surface area contributed by atoms with E-state index in [1.165, 1.54) is 6.42 Å². The van der Waals surface area contributed by atoms with Gasteiger partial charge in [0.2, 0.25) is 0 Å². The van der Waals surface area contributed by atoms with Crippen molar-refractivity contribution in [3.8, 4) is 0 Å². The number of hydrogen-bond acceptors (Lipinski definition) is 2. The highest BCUT2D eigenvalue weighted by atomic mass is 35.5. The molecule has 0 amide bonds. The SMILES string of the molecule is N=S(=O)(c1ccc(Cl)cc1)N1CCCCC1. The molecular formula is C11H15ClN2OS. The third-order valence-corrected chi connectivity index (χ3v) is 5.07. The molecule has 1 aliphatic rings. The van der Waals surface area contributed by atoms with Gasteiger partial charge >= 0.3 is 0 Å². The second-order valence-corrected chi connectivity index (χ2v) is 6.45. The molecule has 0 aromatic heterocycles. The Morgan fingerprint density at radius 1 is 1.12 bits per heavy atom. The topological polar surface area (TPSA) is 44.2 Å². The lowest BCUT2D eigenvalue weighted by atomic mass is 10.2. The average Bonchev–Trinajstić information content (AvgIpc) is 2.31. The Hall–Kier alpha value is -0.580. The van der Waals surface area contributed by atoms with Gasteiger partial charge in [-0.2, -0.15) is 0 Å². The van der Waals surface area contributed by atoms with Crippen LogP contribution in [0.2, 0.25) is 5.02 Å². The fourth-order valence-corrected chi connectivity index (χ4v) is 3.59. The second-order valence-electron chi connectivity index (χ2n) is 3.97. The zero-order valence-electron chi connectivity index (χ0n) is 8.99. The zero-order chi connectivity index (χ0) is 11.6. The van der Waals surface area contributed by atoms with Crippen molar-refractivity contribution >= 4 is 21.5 Å². The third kappa shape index (κ3) is 2.39. The quantitative estimate of drug-likeness (QED) is 0.870. The normalized spacial score (nSPS) is 21.6. The first-order valence-corrected chi connectivity index (χ1v) is 7.29. The molecule has 0 saturated carbocycles. The summed E-state index contributed by atoms with van der Waals surface area (Å²) in [6.07, 6.45) is 3.24. The number of halogens is 1. The molecule has 1 aromatic rings. The third-order valence-electron chi connectivity index (χ3n) is 2.81. The van der Waals surface area contributed by atoms with E-state index in [0.29, 0.717) is 9.92 Å².